The van der Waals surface area contributed by atoms with Crippen LogP contribution in [0.25, 0.3) is 44.9 Å². The Bertz CT molecular complexity index is 2660. The minimum absolute atomic E-state index is 0.428. The molecule has 3 N–H and O–H groups in total. The molecule has 4 atom stereocenters. The number of benzene rings is 5. The van der Waals surface area contributed by atoms with E-state index in [1.165, 1.54) is 76.4 Å². The molecule has 4 unspecified atom stereocenters. The lowest BCUT2D eigenvalue weighted by Crippen LogP contribution is -2.30. The SMILES string of the molecule is C1=CC2Sc3cc(-c4ccc(Cc5ccc6c7c(oc6c5)CCC=C7)cc4)cc4c3C2C(=C1)c1ccccc1-4.NNC1=CC=CC2c3ccccc3SC12. The molecule has 0 spiro atoms. The van der Waals surface area contributed by atoms with Gasteiger partial charge in [-0.1, -0.05) is 121 Å². The summed E-state index contributed by atoms with van der Waals surface area (Å²) in [4.78, 5) is 2.82. The van der Waals surface area contributed by atoms with Crippen LogP contribution in [0.2, 0.25) is 0 Å². The molecule has 6 aromatic rings. The number of nitrogens with one attached hydrogen (secondary N) is 1. The Morgan fingerprint density at radius 2 is 1.57 bits per heavy atom. The second-order valence-corrected chi connectivity index (χ2v) is 17.3. The maximum absolute atomic E-state index is 6.21. The maximum Gasteiger partial charge on any atom is 0.135 e. The standard InChI is InChI=1S/C37H26OS.C12H12N2S/c1-2-7-27-26(6-1)30-9-5-11-34-36(30)37-31(27)20-25(21-35(37)39-34)24-15-12-22(13-16-24)18-23-14-17-29-28-8-3-4-10-32(28)38-33(29)19-23;13-14-10-6-3-5-9-8-4-1-2-7-11(8)15-12(9)10/h1-3,5-9,11-17,19-21,34,36H,4,10,18H2;1-7,9,12,14H,13H2. The molecule has 0 amide bonds. The lowest BCUT2D eigenvalue weighted by Gasteiger charge is -2.31. The van der Waals surface area contributed by atoms with Crippen LogP contribution >= 0.6 is 23.5 Å². The molecule has 1 aromatic heterocycles. The smallest absolute Gasteiger partial charge is 0.135 e. The fraction of sp³-hybridized carbons (Fsp3) is 0.143. The number of nitrogens with two attached hydrogens (primary N) is 1. The molecule has 0 radical (unpaired) electrons. The van der Waals surface area contributed by atoms with E-state index in [2.05, 4.69) is 157 Å². The van der Waals surface area contributed by atoms with Gasteiger partial charge in [-0.2, -0.15) is 0 Å². The van der Waals surface area contributed by atoms with E-state index in [1.54, 1.807) is 0 Å². The van der Waals surface area contributed by atoms with Gasteiger partial charge in [0, 0.05) is 49.9 Å². The van der Waals surface area contributed by atoms with Crippen LogP contribution in [0.1, 0.15) is 57.4 Å². The first kappa shape index (κ1) is 32.2. The van der Waals surface area contributed by atoms with Gasteiger partial charge in [0.2, 0.25) is 0 Å². The zero-order valence-corrected chi connectivity index (χ0v) is 31.3. The molecule has 0 saturated carbocycles. The molecule has 262 valence electrons. The molecule has 0 bridgehead atoms. The number of fused-ring (bicyclic) bond motifs is 9. The summed E-state index contributed by atoms with van der Waals surface area (Å²) < 4.78 is 6.21. The number of furan rings is 1. The predicted molar refractivity (Wildman–Crippen MR) is 227 cm³/mol. The normalized spacial score (nSPS) is 21.6. The first-order valence-electron chi connectivity index (χ1n) is 18.9. The zero-order valence-electron chi connectivity index (χ0n) is 29.7. The molecule has 0 saturated heterocycles. The number of thioether (sulfide) groups is 2. The van der Waals surface area contributed by atoms with Crippen molar-refractivity contribution in [3.8, 4) is 22.3 Å². The van der Waals surface area contributed by atoms with Crippen LogP contribution in [0.3, 0.4) is 0 Å². The van der Waals surface area contributed by atoms with Gasteiger partial charge in [-0.05, 0) is 98.8 Å². The van der Waals surface area contributed by atoms with Crippen molar-refractivity contribution in [2.24, 2.45) is 5.84 Å². The predicted octanol–water partition coefficient (Wildman–Crippen LogP) is 12.0. The van der Waals surface area contributed by atoms with Crippen molar-refractivity contribution in [2.45, 2.75) is 51.4 Å². The summed E-state index contributed by atoms with van der Waals surface area (Å²) in [5, 5.41) is 2.16. The van der Waals surface area contributed by atoms with Crippen LogP contribution in [-0.4, -0.2) is 10.5 Å². The lowest BCUT2D eigenvalue weighted by molar-refractivity contribution is 0.546. The molecule has 12 rings (SSSR count). The number of aryl methyl sites for hydroxylation is 1. The summed E-state index contributed by atoms with van der Waals surface area (Å²) >= 11 is 3.92. The van der Waals surface area contributed by atoms with Gasteiger partial charge in [0.25, 0.3) is 0 Å². The van der Waals surface area contributed by atoms with Gasteiger partial charge >= 0.3 is 0 Å². The highest BCUT2D eigenvalue weighted by Gasteiger charge is 2.42. The second kappa shape index (κ2) is 13.0. The van der Waals surface area contributed by atoms with Crippen LogP contribution in [0, 0.1) is 0 Å². The highest BCUT2D eigenvalue weighted by Crippen LogP contribution is 2.60. The summed E-state index contributed by atoms with van der Waals surface area (Å²) in [6.07, 6.45) is 20.8. The fourth-order valence-electron chi connectivity index (χ4n) is 9.25. The Labute approximate surface area is 324 Å². The topological polar surface area (TPSA) is 51.2 Å². The third-order valence-electron chi connectivity index (χ3n) is 11.8. The van der Waals surface area contributed by atoms with E-state index in [-0.39, 0.29) is 0 Å². The van der Waals surface area contributed by atoms with Crippen molar-refractivity contribution in [1.82, 2.24) is 5.43 Å². The van der Waals surface area contributed by atoms with Gasteiger partial charge in [-0.25, -0.2) is 0 Å². The first-order valence-corrected chi connectivity index (χ1v) is 20.7. The molecule has 2 aliphatic heterocycles. The maximum atomic E-state index is 6.21. The van der Waals surface area contributed by atoms with Crippen molar-refractivity contribution < 1.29 is 4.42 Å². The van der Waals surface area contributed by atoms with Crippen molar-refractivity contribution in [3.05, 3.63) is 190 Å². The summed E-state index contributed by atoms with van der Waals surface area (Å²) in [6.45, 7) is 0. The zero-order chi connectivity index (χ0) is 35.8. The van der Waals surface area contributed by atoms with E-state index in [0.717, 1.165) is 36.3 Å². The minimum atomic E-state index is 0.428. The number of hydrazine groups is 1. The lowest BCUT2D eigenvalue weighted by atomic mass is 9.72. The molecule has 54 heavy (non-hydrogen) atoms. The average Bonchev–Trinajstić information content (AvgIpc) is 3.92. The Morgan fingerprint density at radius 3 is 2.48 bits per heavy atom. The van der Waals surface area contributed by atoms with Crippen LogP contribution in [0.4, 0.5) is 0 Å². The average molecular weight is 735 g/mol. The molecule has 5 aromatic carbocycles. The van der Waals surface area contributed by atoms with Crippen LogP contribution in [0.5, 0.6) is 0 Å². The van der Waals surface area contributed by atoms with E-state index in [0.29, 0.717) is 22.3 Å². The van der Waals surface area contributed by atoms with Gasteiger partial charge in [0.1, 0.15) is 11.3 Å². The second-order valence-electron chi connectivity index (χ2n) is 14.9. The summed E-state index contributed by atoms with van der Waals surface area (Å²) in [6, 6.07) is 38.3. The van der Waals surface area contributed by atoms with Crippen molar-refractivity contribution in [1.29, 1.82) is 0 Å². The van der Waals surface area contributed by atoms with Crippen molar-refractivity contribution in [2.75, 3.05) is 0 Å². The largest absolute Gasteiger partial charge is 0.460 e. The van der Waals surface area contributed by atoms with Crippen LogP contribution < -0.4 is 11.3 Å². The Hall–Kier alpha value is -5.20. The number of hydrogen-bond acceptors (Lipinski definition) is 5. The summed E-state index contributed by atoms with van der Waals surface area (Å²) in [5.74, 6) is 7.61. The molecular weight excluding hydrogens is 697 g/mol. The third-order valence-corrected chi connectivity index (χ3v) is 14.5. The Kier molecular flexibility index (Phi) is 7.75. The van der Waals surface area contributed by atoms with E-state index in [9.17, 15) is 0 Å². The van der Waals surface area contributed by atoms with E-state index >= 15 is 0 Å². The monoisotopic (exact) mass is 734 g/mol. The van der Waals surface area contributed by atoms with Crippen LogP contribution in [0.15, 0.2) is 166 Å². The van der Waals surface area contributed by atoms with Gasteiger partial charge < -0.3 is 9.84 Å². The molecular formula is C49H38N2OS2. The quantitative estimate of drug-likeness (QED) is 0.139. The van der Waals surface area contributed by atoms with Crippen molar-refractivity contribution >= 4 is 46.1 Å². The highest BCUT2D eigenvalue weighted by atomic mass is 32.2. The highest BCUT2D eigenvalue weighted by molar-refractivity contribution is 8.00. The summed E-state index contributed by atoms with van der Waals surface area (Å²) in [5.41, 5.74) is 20.0. The van der Waals surface area contributed by atoms with E-state index in [4.69, 9.17) is 10.3 Å². The number of rotatable bonds is 4. The number of hydrogen-bond donors (Lipinski definition) is 2. The van der Waals surface area contributed by atoms with Gasteiger partial charge in [-0.15, -0.1) is 23.5 Å². The van der Waals surface area contributed by atoms with Gasteiger partial charge in [0.05, 0.1) is 5.25 Å². The molecule has 4 aliphatic carbocycles. The molecule has 3 nitrogen and oxygen atoms in total. The molecule has 0 fully saturated rings. The van der Waals surface area contributed by atoms with Crippen LogP contribution in [-0.2, 0) is 12.8 Å². The van der Waals surface area contributed by atoms with Gasteiger partial charge in [0.15, 0.2) is 0 Å². The van der Waals surface area contributed by atoms with Crippen molar-refractivity contribution in [3.63, 3.8) is 0 Å². The van der Waals surface area contributed by atoms with Gasteiger partial charge in [-0.3, -0.25) is 5.84 Å². The molecule has 5 heteroatoms. The minimum Gasteiger partial charge on any atom is -0.460 e. The van der Waals surface area contributed by atoms with E-state index < -0.39 is 0 Å². The third kappa shape index (κ3) is 5.25. The Morgan fingerprint density at radius 1 is 0.741 bits per heavy atom. The Balaban J connectivity index is 0.000000190. The molecule has 3 heterocycles. The molecule has 6 aliphatic rings. The fourth-order valence-corrected chi connectivity index (χ4v) is 12.1. The number of allylic oxidation sites excluding steroid dienone is 7. The first-order chi connectivity index (χ1) is 26.7. The summed E-state index contributed by atoms with van der Waals surface area (Å²) in [7, 11) is 0. The van der Waals surface area contributed by atoms with E-state index in [1.807, 2.05) is 23.5 Å².